The van der Waals surface area contributed by atoms with Crippen LogP contribution in [0, 0.1) is 5.82 Å². The van der Waals surface area contributed by atoms with Gasteiger partial charge in [0.1, 0.15) is 12.4 Å². The van der Waals surface area contributed by atoms with Gasteiger partial charge in [0.2, 0.25) is 5.91 Å². The summed E-state index contributed by atoms with van der Waals surface area (Å²) in [6.07, 6.45) is 1.50. The van der Waals surface area contributed by atoms with Gasteiger partial charge >= 0.3 is 0 Å². The van der Waals surface area contributed by atoms with E-state index in [1.54, 1.807) is 25.1 Å². The van der Waals surface area contributed by atoms with Crippen molar-refractivity contribution < 1.29 is 33.0 Å². The van der Waals surface area contributed by atoms with Crippen LogP contribution >= 0.6 is 23.4 Å². The smallest absolute Gasteiger partial charge is 0.294 e. The number of hydrogen-bond acceptors (Lipinski definition) is 7. The monoisotopic (exact) mass is 625 g/mol. The number of halogens is 2. The van der Waals surface area contributed by atoms with E-state index >= 15 is 0 Å². The van der Waals surface area contributed by atoms with Crippen molar-refractivity contribution in [3.8, 4) is 11.5 Å². The molecule has 1 aliphatic rings. The van der Waals surface area contributed by atoms with Crippen LogP contribution in [0.15, 0.2) is 65.6 Å². The molecule has 0 bridgehead atoms. The first kappa shape index (κ1) is 31.6. The fraction of sp³-hybridized carbons (Fsp3) is 0.226. The summed E-state index contributed by atoms with van der Waals surface area (Å²) < 4.78 is 24.8. The highest BCUT2D eigenvalue weighted by atomic mass is 35.5. The van der Waals surface area contributed by atoms with E-state index in [2.05, 4.69) is 10.6 Å². The van der Waals surface area contributed by atoms with Crippen LogP contribution in [-0.4, -0.2) is 47.6 Å². The summed E-state index contributed by atoms with van der Waals surface area (Å²) in [7, 11) is 0. The number of ether oxygens (including phenoxy) is 2. The van der Waals surface area contributed by atoms with Crippen molar-refractivity contribution in [2.75, 3.05) is 30.4 Å². The summed E-state index contributed by atoms with van der Waals surface area (Å²) in [4.78, 5) is 51.5. The maximum absolute atomic E-state index is 13.4. The second kappa shape index (κ2) is 14.2. The maximum Gasteiger partial charge on any atom is 0.294 e. The first-order valence-corrected chi connectivity index (χ1v) is 14.5. The molecule has 0 atom stereocenters. The molecule has 0 aromatic heterocycles. The number of para-hydroxylation sites is 1. The fourth-order valence-electron chi connectivity index (χ4n) is 4.15. The lowest BCUT2D eigenvalue weighted by Crippen LogP contribution is -2.36. The molecule has 43 heavy (non-hydrogen) atoms. The van der Waals surface area contributed by atoms with Crippen molar-refractivity contribution in [3.63, 3.8) is 0 Å². The number of carbonyl (C=O) groups is 4. The zero-order chi connectivity index (χ0) is 31.1. The molecule has 4 rings (SSSR count). The summed E-state index contributed by atoms with van der Waals surface area (Å²) in [5, 5.41) is 4.58. The SMILES string of the molecule is CCOc1cc(/C=C2/SC(=O)N(CC(=O)Nc3ccc(F)c(Cl)c3)C2=O)ccc1OCC(=O)Nc1ccccc1C(C)C. The van der Waals surface area contributed by atoms with E-state index in [0.717, 1.165) is 22.2 Å². The molecular formula is C31H29ClFN3O6S. The fourth-order valence-corrected chi connectivity index (χ4v) is 5.17. The Hall–Kier alpha value is -4.35. The Labute approximate surface area is 257 Å². The van der Waals surface area contributed by atoms with E-state index in [-0.39, 0.29) is 34.0 Å². The minimum Gasteiger partial charge on any atom is -0.490 e. The zero-order valence-corrected chi connectivity index (χ0v) is 25.2. The lowest BCUT2D eigenvalue weighted by molar-refractivity contribution is -0.127. The normalized spacial score (nSPS) is 13.9. The summed E-state index contributed by atoms with van der Waals surface area (Å²) in [5.41, 5.74) is 2.50. The number of nitrogens with zero attached hydrogens (tertiary/aromatic N) is 1. The second-order valence-electron chi connectivity index (χ2n) is 9.66. The van der Waals surface area contributed by atoms with Gasteiger partial charge in [0.25, 0.3) is 17.1 Å². The topological polar surface area (TPSA) is 114 Å². The zero-order valence-electron chi connectivity index (χ0n) is 23.6. The van der Waals surface area contributed by atoms with E-state index in [1.807, 2.05) is 38.1 Å². The molecule has 1 fully saturated rings. The summed E-state index contributed by atoms with van der Waals surface area (Å²) in [5.74, 6) is -1.35. The van der Waals surface area contributed by atoms with Crippen molar-refractivity contribution in [1.29, 1.82) is 0 Å². The Morgan fingerprint density at radius 1 is 1.00 bits per heavy atom. The molecule has 0 radical (unpaired) electrons. The van der Waals surface area contributed by atoms with Gasteiger partial charge in [0.15, 0.2) is 18.1 Å². The molecule has 1 heterocycles. The highest BCUT2D eigenvalue weighted by Gasteiger charge is 2.36. The molecule has 0 unspecified atom stereocenters. The predicted octanol–water partition coefficient (Wildman–Crippen LogP) is 6.69. The minimum atomic E-state index is -0.650. The molecular weight excluding hydrogens is 597 g/mol. The predicted molar refractivity (Wildman–Crippen MR) is 165 cm³/mol. The quantitative estimate of drug-likeness (QED) is 0.228. The van der Waals surface area contributed by atoms with Gasteiger partial charge in [-0.1, -0.05) is 49.7 Å². The van der Waals surface area contributed by atoms with Crippen LogP contribution in [-0.2, 0) is 14.4 Å². The number of thioether (sulfide) groups is 1. The van der Waals surface area contributed by atoms with Gasteiger partial charge in [0.05, 0.1) is 16.5 Å². The van der Waals surface area contributed by atoms with Crippen molar-refractivity contribution in [3.05, 3.63) is 87.5 Å². The molecule has 0 saturated carbocycles. The number of nitrogens with one attached hydrogen (secondary N) is 2. The molecule has 4 amide bonds. The number of benzene rings is 3. The molecule has 0 spiro atoms. The largest absolute Gasteiger partial charge is 0.490 e. The highest BCUT2D eigenvalue weighted by Crippen LogP contribution is 2.35. The van der Waals surface area contributed by atoms with Crippen LogP contribution in [0.2, 0.25) is 5.02 Å². The van der Waals surface area contributed by atoms with Gasteiger partial charge in [-0.05, 0) is 78.2 Å². The average molecular weight is 626 g/mol. The molecule has 224 valence electrons. The number of imide groups is 1. The third kappa shape index (κ3) is 8.14. The molecule has 1 aliphatic heterocycles. The molecule has 1 saturated heterocycles. The van der Waals surface area contributed by atoms with Gasteiger partial charge < -0.3 is 20.1 Å². The number of carbonyl (C=O) groups excluding carboxylic acids is 4. The summed E-state index contributed by atoms with van der Waals surface area (Å²) in [6, 6.07) is 16.1. The van der Waals surface area contributed by atoms with Gasteiger partial charge in [-0.2, -0.15) is 0 Å². The van der Waals surface area contributed by atoms with Crippen LogP contribution < -0.4 is 20.1 Å². The summed E-state index contributed by atoms with van der Waals surface area (Å²) >= 11 is 6.43. The van der Waals surface area contributed by atoms with Crippen LogP contribution in [0.25, 0.3) is 6.08 Å². The van der Waals surface area contributed by atoms with Crippen LogP contribution in [0.1, 0.15) is 37.8 Å². The molecule has 3 aromatic rings. The van der Waals surface area contributed by atoms with Crippen molar-refractivity contribution in [2.45, 2.75) is 26.7 Å². The Balaban J connectivity index is 1.41. The first-order chi connectivity index (χ1) is 20.5. The van der Waals surface area contributed by atoms with Crippen molar-refractivity contribution in [1.82, 2.24) is 4.90 Å². The Morgan fingerprint density at radius 2 is 1.77 bits per heavy atom. The van der Waals surface area contributed by atoms with Gasteiger partial charge in [-0.25, -0.2) is 4.39 Å². The minimum absolute atomic E-state index is 0.113. The van der Waals surface area contributed by atoms with Gasteiger partial charge in [0, 0.05) is 11.4 Å². The molecule has 12 heteroatoms. The second-order valence-corrected chi connectivity index (χ2v) is 11.1. The third-order valence-corrected chi connectivity index (χ3v) is 7.36. The molecule has 0 aliphatic carbocycles. The van der Waals surface area contributed by atoms with Gasteiger partial charge in [-0.15, -0.1) is 0 Å². The highest BCUT2D eigenvalue weighted by molar-refractivity contribution is 8.18. The maximum atomic E-state index is 13.4. The van der Waals surface area contributed by atoms with E-state index in [1.165, 1.54) is 18.2 Å². The average Bonchev–Trinajstić information content (AvgIpc) is 3.22. The lowest BCUT2D eigenvalue weighted by atomic mass is 10.0. The van der Waals surface area contributed by atoms with E-state index in [9.17, 15) is 23.6 Å². The Kier molecular flexibility index (Phi) is 10.4. The molecule has 3 aromatic carbocycles. The number of anilines is 2. The van der Waals surface area contributed by atoms with Crippen LogP contribution in [0.4, 0.5) is 20.6 Å². The standard InChI is InChI=1S/C31H29ClFN3O6S/c1-4-41-26-13-19(9-12-25(26)42-17-29(38)35-24-8-6-5-7-21(24)18(2)3)14-27-30(39)36(31(40)43-27)16-28(37)34-20-10-11-23(33)22(32)15-20/h5-15,18H,4,16-17H2,1-3H3,(H,34,37)(H,35,38)/b27-14+. The Bertz CT molecular complexity index is 1600. The van der Waals surface area contributed by atoms with Crippen LogP contribution in [0.3, 0.4) is 0 Å². The third-order valence-electron chi connectivity index (χ3n) is 6.16. The number of amides is 4. The first-order valence-electron chi connectivity index (χ1n) is 13.3. The number of rotatable bonds is 11. The Morgan fingerprint density at radius 3 is 2.49 bits per heavy atom. The van der Waals surface area contributed by atoms with Crippen molar-refractivity contribution in [2.24, 2.45) is 0 Å². The molecule has 2 N–H and O–H groups in total. The van der Waals surface area contributed by atoms with Crippen LogP contribution in [0.5, 0.6) is 11.5 Å². The summed E-state index contributed by atoms with van der Waals surface area (Å²) in [6.45, 7) is 5.41. The molecule has 9 nitrogen and oxygen atoms in total. The van der Waals surface area contributed by atoms with Gasteiger partial charge in [-0.3, -0.25) is 24.1 Å². The van der Waals surface area contributed by atoms with E-state index in [4.69, 9.17) is 21.1 Å². The van der Waals surface area contributed by atoms with E-state index in [0.29, 0.717) is 35.4 Å². The van der Waals surface area contributed by atoms with Crippen molar-refractivity contribution >= 4 is 63.8 Å². The lowest BCUT2D eigenvalue weighted by Gasteiger charge is -2.15. The number of hydrogen-bond donors (Lipinski definition) is 2. The van der Waals surface area contributed by atoms with E-state index < -0.39 is 29.4 Å².